The number of ether oxygens (including phenoxy) is 1. The zero-order valence-electron chi connectivity index (χ0n) is 12.2. The van der Waals surface area contributed by atoms with Crippen LogP contribution in [0.25, 0.3) is 0 Å². The van der Waals surface area contributed by atoms with Crippen LogP contribution in [0.15, 0.2) is 24.3 Å². The van der Waals surface area contributed by atoms with Gasteiger partial charge in [0.05, 0.1) is 21.3 Å². The predicted octanol–water partition coefficient (Wildman–Crippen LogP) is 2.39. The Kier molecular flexibility index (Phi) is 4.76. The molecule has 0 bridgehead atoms. The molecule has 106 valence electrons. The maximum absolute atomic E-state index is 13.1. The maximum atomic E-state index is 13.1. The molecule has 1 saturated heterocycles. The minimum Gasteiger partial charge on any atom is -0.379 e. The van der Waals surface area contributed by atoms with Gasteiger partial charge in [0.2, 0.25) is 0 Å². The van der Waals surface area contributed by atoms with Crippen molar-refractivity contribution in [2.24, 2.45) is 0 Å². The van der Waals surface area contributed by atoms with Gasteiger partial charge in [0.1, 0.15) is 5.82 Å². The van der Waals surface area contributed by atoms with Crippen LogP contribution in [0.4, 0.5) is 4.39 Å². The van der Waals surface area contributed by atoms with E-state index >= 15 is 0 Å². The molecule has 0 radical (unpaired) electrons. The van der Waals surface area contributed by atoms with Crippen LogP contribution in [0.2, 0.25) is 13.1 Å². The molecule has 2 nitrogen and oxygen atoms in total. The zero-order valence-corrected chi connectivity index (χ0v) is 13.2. The van der Waals surface area contributed by atoms with Crippen LogP contribution >= 0.6 is 0 Å². The number of benzene rings is 1. The molecule has 1 aromatic rings. The Bertz CT molecular complexity index is 401. The molecule has 4 heteroatoms. The number of halogens is 1. The Balaban J connectivity index is 2.21. The van der Waals surface area contributed by atoms with Crippen LogP contribution in [-0.2, 0) is 4.74 Å². The molecular weight excluding hydrogens is 257 g/mol. The van der Waals surface area contributed by atoms with Crippen LogP contribution in [-0.4, -0.2) is 44.9 Å². The van der Waals surface area contributed by atoms with Crippen LogP contribution < -0.4 is 5.19 Å². The molecule has 19 heavy (non-hydrogen) atoms. The highest BCUT2D eigenvalue weighted by Crippen LogP contribution is 2.20. The first-order chi connectivity index (χ1) is 9.05. The third kappa shape index (κ3) is 3.24. The Morgan fingerprint density at radius 3 is 2.32 bits per heavy atom. The van der Waals surface area contributed by atoms with E-state index in [1.165, 1.54) is 5.19 Å². The van der Waals surface area contributed by atoms with Crippen molar-refractivity contribution >= 4 is 13.3 Å². The number of nitrogens with zero attached hydrogens (tertiary/aromatic N) is 1. The summed E-state index contributed by atoms with van der Waals surface area (Å²) in [5.41, 5.74) is 0.599. The highest BCUT2D eigenvalue weighted by atomic mass is 28.3. The fourth-order valence-corrected chi connectivity index (χ4v) is 6.79. The summed E-state index contributed by atoms with van der Waals surface area (Å²) in [5.74, 6) is -0.145. The molecule has 1 aromatic carbocycles. The second kappa shape index (κ2) is 6.16. The average Bonchev–Trinajstić information content (AvgIpc) is 2.41. The highest BCUT2D eigenvalue weighted by molar-refractivity contribution is 6.91. The molecule has 1 aliphatic rings. The molecule has 1 aliphatic heterocycles. The first kappa shape index (κ1) is 14.7. The Morgan fingerprint density at radius 1 is 1.21 bits per heavy atom. The summed E-state index contributed by atoms with van der Waals surface area (Å²) < 4.78 is 18.6. The quantitative estimate of drug-likeness (QED) is 0.786. The third-order valence-electron chi connectivity index (χ3n) is 4.29. The lowest BCUT2D eigenvalue weighted by molar-refractivity contribution is 0.0291. The smallest absolute Gasteiger partial charge is 0.123 e. The van der Waals surface area contributed by atoms with Crippen LogP contribution in [0.1, 0.15) is 13.3 Å². The fourth-order valence-electron chi connectivity index (χ4n) is 3.19. The third-order valence-corrected chi connectivity index (χ3v) is 8.56. The van der Waals surface area contributed by atoms with Gasteiger partial charge in [0.25, 0.3) is 0 Å². The molecule has 1 atom stereocenters. The zero-order chi connectivity index (χ0) is 13.9. The van der Waals surface area contributed by atoms with Gasteiger partial charge >= 0.3 is 0 Å². The molecule has 2 rings (SSSR count). The SMILES string of the molecule is CCC(N1CCOCC1)[Si](C)(C)c1ccc(F)cc1. The van der Waals surface area contributed by atoms with Crippen molar-refractivity contribution in [3.63, 3.8) is 0 Å². The molecule has 0 saturated carbocycles. The number of morpholine rings is 1. The van der Waals surface area contributed by atoms with E-state index in [2.05, 4.69) is 24.9 Å². The molecule has 1 heterocycles. The van der Waals surface area contributed by atoms with Gasteiger partial charge in [0, 0.05) is 18.8 Å². The Labute approximate surface area is 116 Å². The van der Waals surface area contributed by atoms with E-state index in [-0.39, 0.29) is 5.82 Å². The van der Waals surface area contributed by atoms with Gasteiger partial charge in [-0.3, -0.25) is 4.90 Å². The van der Waals surface area contributed by atoms with Gasteiger partial charge in [0.15, 0.2) is 0 Å². The molecule has 1 fully saturated rings. The molecule has 0 N–H and O–H groups in total. The largest absolute Gasteiger partial charge is 0.379 e. The van der Waals surface area contributed by atoms with E-state index in [4.69, 9.17) is 4.74 Å². The summed E-state index contributed by atoms with van der Waals surface area (Å²) in [7, 11) is -1.62. The summed E-state index contributed by atoms with van der Waals surface area (Å²) in [6.07, 6.45) is 1.15. The molecule has 0 spiro atoms. The first-order valence-electron chi connectivity index (χ1n) is 7.13. The number of rotatable bonds is 4. The van der Waals surface area contributed by atoms with E-state index in [1.807, 2.05) is 12.1 Å². The lowest BCUT2D eigenvalue weighted by Gasteiger charge is -2.42. The highest BCUT2D eigenvalue weighted by Gasteiger charge is 2.36. The monoisotopic (exact) mass is 281 g/mol. The van der Waals surface area contributed by atoms with Crippen molar-refractivity contribution in [2.75, 3.05) is 26.3 Å². The minimum atomic E-state index is -1.62. The van der Waals surface area contributed by atoms with Gasteiger partial charge in [-0.2, -0.15) is 0 Å². The molecular formula is C15H24FNOSi. The Hall–Kier alpha value is -0.713. The van der Waals surface area contributed by atoms with Gasteiger partial charge in [-0.15, -0.1) is 0 Å². The molecule has 0 amide bonds. The average molecular weight is 281 g/mol. The summed E-state index contributed by atoms with van der Waals surface area (Å²) in [6.45, 7) is 10.8. The standard InChI is InChI=1S/C15H24FNOSi/c1-4-15(17-9-11-18-12-10-17)19(2,3)14-7-5-13(16)6-8-14/h5-8,15H,4,9-12H2,1-3H3. The van der Waals surface area contributed by atoms with E-state index in [0.717, 1.165) is 32.7 Å². The van der Waals surface area contributed by atoms with E-state index in [9.17, 15) is 4.39 Å². The molecule has 1 unspecified atom stereocenters. The lowest BCUT2D eigenvalue weighted by Crippen LogP contribution is -2.61. The van der Waals surface area contributed by atoms with Crippen LogP contribution in [0, 0.1) is 5.82 Å². The van der Waals surface area contributed by atoms with Crippen LogP contribution in [0.5, 0.6) is 0 Å². The number of hydrogen-bond donors (Lipinski definition) is 0. The van der Waals surface area contributed by atoms with Gasteiger partial charge in [-0.05, 0) is 18.6 Å². The van der Waals surface area contributed by atoms with Crippen molar-refractivity contribution in [1.82, 2.24) is 4.90 Å². The van der Waals surface area contributed by atoms with Crippen molar-refractivity contribution in [3.8, 4) is 0 Å². The van der Waals surface area contributed by atoms with E-state index in [0.29, 0.717) is 5.67 Å². The van der Waals surface area contributed by atoms with Gasteiger partial charge in [-0.25, -0.2) is 4.39 Å². The van der Waals surface area contributed by atoms with Gasteiger partial charge < -0.3 is 4.74 Å². The normalized spacial score (nSPS) is 19.4. The summed E-state index contributed by atoms with van der Waals surface area (Å²) in [4.78, 5) is 2.57. The minimum absolute atomic E-state index is 0.145. The van der Waals surface area contributed by atoms with Crippen molar-refractivity contribution in [3.05, 3.63) is 30.1 Å². The fraction of sp³-hybridized carbons (Fsp3) is 0.600. The topological polar surface area (TPSA) is 12.5 Å². The lowest BCUT2D eigenvalue weighted by atomic mass is 10.3. The van der Waals surface area contributed by atoms with Crippen molar-refractivity contribution in [1.29, 1.82) is 0 Å². The maximum Gasteiger partial charge on any atom is 0.123 e. The van der Waals surface area contributed by atoms with Gasteiger partial charge in [-0.1, -0.05) is 37.3 Å². The van der Waals surface area contributed by atoms with E-state index in [1.54, 1.807) is 12.1 Å². The van der Waals surface area contributed by atoms with Crippen molar-refractivity contribution in [2.45, 2.75) is 32.1 Å². The molecule has 0 aromatic heterocycles. The first-order valence-corrected chi connectivity index (χ1v) is 10.2. The van der Waals surface area contributed by atoms with Crippen molar-refractivity contribution < 1.29 is 9.13 Å². The predicted molar refractivity (Wildman–Crippen MR) is 80.0 cm³/mol. The van der Waals surface area contributed by atoms with E-state index < -0.39 is 8.07 Å². The summed E-state index contributed by atoms with van der Waals surface area (Å²) in [6, 6.07) is 7.14. The number of hydrogen-bond acceptors (Lipinski definition) is 2. The Morgan fingerprint density at radius 2 is 1.79 bits per heavy atom. The molecule has 0 aliphatic carbocycles. The summed E-state index contributed by atoms with van der Waals surface area (Å²) >= 11 is 0. The second-order valence-corrected chi connectivity index (χ2v) is 10.5. The van der Waals surface area contributed by atoms with Crippen LogP contribution in [0.3, 0.4) is 0 Å². The summed E-state index contributed by atoms with van der Waals surface area (Å²) in [5, 5.41) is 1.34. The second-order valence-electron chi connectivity index (χ2n) is 5.80.